The number of hydrogen-bond donors (Lipinski definition) is 2. The van der Waals surface area contributed by atoms with Gasteiger partial charge in [0.1, 0.15) is 6.04 Å². The van der Waals surface area contributed by atoms with Gasteiger partial charge in [0.2, 0.25) is 11.8 Å². The highest BCUT2D eigenvalue weighted by atomic mass is 16.2. The Morgan fingerprint density at radius 3 is 1.97 bits per heavy atom. The standard InChI is InChI=1S/C28H31N3O2/c1-20-17-21(2)19-25(18-20)30-28(33)26(22-9-5-3-6-10-22)31-15-13-23(14-16-31)27(32)29-24-11-7-4-8-12-24/h3-12,17-19,23,26H,13-16H2,1-2H3,(H,29,32)(H,30,33). The van der Waals surface area contributed by atoms with E-state index in [9.17, 15) is 9.59 Å². The van der Waals surface area contributed by atoms with Gasteiger partial charge in [0.25, 0.3) is 0 Å². The molecule has 0 radical (unpaired) electrons. The number of likely N-dealkylation sites (tertiary alicyclic amines) is 1. The van der Waals surface area contributed by atoms with Gasteiger partial charge < -0.3 is 10.6 Å². The van der Waals surface area contributed by atoms with Crippen molar-refractivity contribution in [1.29, 1.82) is 0 Å². The van der Waals surface area contributed by atoms with Gasteiger partial charge in [-0.3, -0.25) is 14.5 Å². The Labute approximate surface area is 195 Å². The topological polar surface area (TPSA) is 61.4 Å². The maximum atomic E-state index is 13.5. The van der Waals surface area contributed by atoms with Gasteiger partial charge in [0, 0.05) is 17.3 Å². The molecule has 4 rings (SSSR count). The van der Waals surface area contributed by atoms with Crippen LogP contribution in [0.25, 0.3) is 0 Å². The molecule has 1 aliphatic heterocycles. The zero-order valence-electron chi connectivity index (χ0n) is 19.3. The summed E-state index contributed by atoms with van der Waals surface area (Å²) in [5.41, 5.74) is 4.83. The maximum absolute atomic E-state index is 13.5. The Bertz CT molecular complexity index is 1070. The summed E-state index contributed by atoms with van der Waals surface area (Å²) in [6.07, 6.45) is 1.44. The van der Waals surface area contributed by atoms with E-state index in [1.165, 1.54) is 0 Å². The summed E-state index contributed by atoms with van der Waals surface area (Å²) in [6.45, 7) is 5.44. The van der Waals surface area contributed by atoms with Crippen LogP contribution >= 0.6 is 0 Å². The van der Waals surface area contributed by atoms with Crippen LogP contribution in [0.15, 0.2) is 78.9 Å². The molecule has 2 N–H and O–H groups in total. The van der Waals surface area contributed by atoms with Gasteiger partial charge in [0.15, 0.2) is 0 Å². The number of nitrogens with one attached hydrogen (secondary N) is 2. The van der Waals surface area contributed by atoms with Crippen molar-refractivity contribution in [3.05, 3.63) is 95.6 Å². The number of para-hydroxylation sites is 1. The van der Waals surface area contributed by atoms with Crippen molar-refractivity contribution in [2.45, 2.75) is 32.7 Å². The van der Waals surface area contributed by atoms with Crippen LogP contribution in [0.1, 0.15) is 35.6 Å². The summed E-state index contributed by atoms with van der Waals surface area (Å²) < 4.78 is 0. The predicted octanol–water partition coefficient (Wildman–Crippen LogP) is 5.33. The number of carbonyl (C=O) groups is 2. The van der Waals surface area contributed by atoms with Gasteiger partial charge in [-0.25, -0.2) is 0 Å². The quantitative estimate of drug-likeness (QED) is 0.543. The smallest absolute Gasteiger partial charge is 0.246 e. The lowest BCUT2D eigenvalue weighted by Gasteiger charge is -2.36. The summed E-state index contributed by atoms with van der Waals surface area (Å²) >= 11 is 0. The summed E-state index contributed by atoms with van der Waals surface area (Å²) in [5.74, 6) is -0.0458. The van der Waals surface area contributed by atoms with Gasteiger partial charge in [-0.1, -0.05) is 54.6 Å². The lowest BCUT2D eigenvalue weighted by molar-refractivity contribution is -0.123. The van der Waals surface area contributed by atoms with E-state index < -0.39 is 6.04 Å². The molecule has 1 saturated heterocycles. The fourth-order valence-corrected chi connectivity index (χ4v) is 4.61. The van der Waals surface area contributed by atoms with Crippen molar-refractivity contribution in [2.75, 3.05) is 23.7 Å². The SMILES string of the molecule is Cc1cc(C)cc(NC(=O)C(c2ccccc2)N2CCC(C(=O)Nc3ccccc3)CC2)c1. The first-order valence-electron chi connectivity index (χ1n) is 11.5. The van der Waals surface area contributed by atoms with E-state index in [0.29, 0.717) is 13.1 Å². The van der Waals surface area contributed by atoms with E-state index >= 15 is 0 Å². The predicted molar refractivity (Wildman–Crippen MR) is 133 cm³/mol. The number of rotatable bonds is 6. The number of piperidine rings is 1. The number of benzene rings is 3. The lowest BCUT2D eigenvalue weighted by Crippen LogP contribution is -2.44. The summed E-state index contributed by atoms with van der Waals surface area (Å²) in [6, 6.07) is 25.1. The van der Waals surface area contributed by atoms with Crippen LogP contribution < -0.4 is 10.6 Å². The number of amides is 2. The Balaban J connectivity index is 1.46. The summed E-state index contributed by atoms with van der Waals surface area (Å²) in [7, 11) is 0. The van der Waals surface area contributed by atoms with Crippen LogP contribution in [0.3, 0.4) is 0 Å². The molecule has 33 heavy (non-hydrogen) atoms. The number of aryl methyl sites for hydroxylation is 2. The lowest BCUT2D eigenvalue weighted by atomic mass is 9.93. The molecule has 0 spiro atoms. The third kappa shape index (κ3) is 5.88. The molecule has 170 valence electrons. The van der Waals surface area contributed by atoms with E-state index in [-0.39, 0.29) is 17.7 Å². The first kappa shape index (κ1) is 22.7. The van der Waals surface area contributed by atoms with Crippen LogP contribution in [0.5, 0.6) is 0 Å². The molecule has 5 nitrogen and oxygen atoms in total. The number of hydrogen-bond acceptors (Lipinski definition) is 3. The molecule has 5 heteroatoms. The zero-order chi connectivity index (χ0) is 23.2. The Morgan fingerprint density at radius 1 is 0.788 bits per heavy atom. The molecule has 0 aliphatic carbocycles. The van der Waals surface area contributed by atoms with Crippen molar-refractivity contribution in [2.24, 2.45) is 5.92 Å². The summed E-state index contributed by atoms with van der Waals surface area (Å²) in [4.78, 5) is 28.4. The third-order valence-corrected chi connectivity index (χ3v) is 6.16. The molecule has 1 heterocycles. The van der Waals surface area contributed by atoms with Crippen molar-refractivity contribution in [3.8, 4) is 0 Å². The molecular formula is C28H31N3O2. The molecule has 1 fully saturated rings. The molecular weight excluding hydrogens is 410 g/mol. The number of carbonyl (C=O) groups excluding carboxylic acids is 2. The van der Waals surface area contributed by atoms with Crippen molar-refractivity contribution < 1.29 is 9.59 Å². The molecule has 3 aromatic carbocycles. The van der Waals surface area contributed by atoms with E-state index in [4.69, 9.17) is 0 Å². The van der Waals surface area contributed by atoms with Crippen molar-refractivity contribution >= 4 is 23.2 Å². The van der Waals surface area contributed by atoms with Crippen LogP contribution in [0, 0.1) is 19.8 Å². The van der Waals surface area contributed by atoms with Crippen molar-refractivity contribution in [3.63, 3.8) is 0 Å². The molecule has 1 atom stereocenters. The maximum Gasteiger partial charge on any atom is 0.246 e. The minimum absolute atomic E-state index is 0.0432. The Hall–Kier alpha value is -3.44. The Morgan fingerprint density at radius 2 is 1.36 bits per heavy atom. The van der Waals surface area contributed by atoms with Gasteiger partial charge in [-0.15, -0.1) is 0 Å². The summed E-state index contributed by atoms with van der Waals surface area (Å²) in [5, 5.41) is 6.14. The molecule has 1 aliphatic rings. The van der Waals surface area contributed by atoms with Crippen LogP contribution in [0.2, 0.25) is 0 Å². The minimum Gasteiger partial charge on any atom is -0.326 e. The van der Waals surface area contributed by atoms with E-state index in [0.717, 1.165) is 40.9 Å². The van der Waals surface area contributed by atoms with Gasteiger partial charge in [-0.2, -0.15) is 0 Å². The van der Waals surface area contributed by atoms with Crippen LogP contribution in [-0.4, -0.2) is 29.8 Å². The third-order valence-electron chi connectivity index (χ3n) is 6.16. The first-order valence-corrected chi connectivity index (χ1v) is 11.5. The fraction of sp³-hybridized carbons (Fsp3) is 0.286. The molecule has 0 aromatic heterocycles. The Kier molecular flexibility index (Phi) is 7.20. The molecule has 3 aromatic rings. The largest absolute Gasteiger partial charge is 0.326 e. The van der Waals surface area contributed by atoms with E-state index in [2.05, 4.69) is 21.6 Å². The van der Waals surface area contributed by atoms with Gasteiger partial charge in [0.05, 0.1) is 0 Å². The molecule has 1 unspecified atom stereocenters. The normalized spacial score (nSPS) is 15.6. The highest BCUT2D eigenvalue weighted by Gasteiger charge is 2.33. The second-order valence-corrected chi connectivity index (χ2v) is 8.84. The molecule has 2 amide bonds. The zero-order valence-corrected chi connectivity index (χ0v) is 19.3. The first-order chi connectivity index (χ1) is 16.0. The second kappa shape index (κ2) is 10.5. The van der Waals surface area contributed by atoms with Gasteiger partial charge in [-0.05, 0) is 80.7 Å². The average Bonchev–Trinajstić information content (AvgIpc) is 2.80. The molecule has 0 saturated carbocycles. The fourth-order valence-electron chi connectivity index (χ4n) is 4.61. The van der Waals surface area contributed by atoms with Crippen LogP contribution in [0.4, 0.5) is 11.4 Å². The van der Waals surface area contributed by atoms with Crippen LogP contribution in [-0.2, 0) is 9.59 Å². The van der Waals surface area contributed by atoms with E-state index in [1.807, 2.05) is 86.6 Å². The second-order valence-electron chi connectivity index (χ2n) is 8.84. The van der Waals surface area contributed by atoms with Crippen molar-refractivity contribution in [1.82, 2.24) is 4.90 Å². The monoisotopic (exact) mass is 441 g/mol. The highest BCUT2D eigenvalue weighted by molar-refractivity contribution is 5.96. The number of anilines is 2. The van der Waals surface area contributed by atoms with E-state index in [1.54, 1.807) is 0 Å². The average molecular weight is 442 g/mol. The number of nitrogens with zero attached hydrogens (tertiary/aromatic N) is 1. The molecule has 0 bridgehead atoms. The minimum atomic E-state index is -0.398. The highest BCUT2D eigenvalue weighted by Crippen LogP contribution is 2.29. The van der Waals surface area contributed by atoms with Gasteiger partial charge >= 0.3 is 0 Å².